The summed E-state index contributed by atoms with van der Waals surface area (Å²) in [4.78, 5) is 10.7. The minimum absolute atomic E-state index is 0.0574. The van der Waals surface area contributed by atoms with E-state index in [0.29, 0.717) is 17.6 Å². The molecule has 0 N–H and O–H groups in total. The van der Waals surface area contributed by atoms with E-state index in [0.717, 1.165) is 11.3 Å². The Labute approximate surface area is 152 Å². The summed E-state index contributed by atoms with van der Waals surface area (Å²) in [6.07, 6.45) is 1.64. The second kappa shape index (κ2) is 7.82. The fraction of sp³-hybridized carbons (Fsp3) is 0.200. The molecule has 0 saturated carbocycles. The van der Waals surface area contributed by atoms with Gasteiger partial charge >= 0.3 is 0 Å². The van der Waals surface area contributed by atoms with Gasteiger partial charge in [-0.3, -0.25) is 0 Å². The van der Waals surface area contributed by atoms with E-state index in [-0.39, 0.29) is 11.9 Å². The molecule has 1 unspecified atom stereocenters. The van der Waals surface area contributed by atoms with Crippen molar-refractivity contribution < 1.29 is 13.9 Å². The lowest BCUT2D eigenvalue weighted by Gasteiger charge is -2.25. The van der Waals surface area contributed by atoms with E-state index in [4.69, 9.17) is 9.47 Å². The van der Waals surface area contributed by atoms with Gasteiger partial charge < -0.3 is 14.4 Å². The number of anilines is 1. The molecule has 0 fully saturated rings. The molecule has 1 aromatic heterocycles. The largest absolute Gasteiger partial charge is 0.497 e. The molecule has 0 radical (unpaired) electrons. The number of methoxy groups -OCH3 is 1. The first kappa shape index (κ1) is 17.7. The molecular weight excluding hydrogens is 333 g/mol. The molecule has 0 aliphatic rings. The standard InChI is InChI=1S/C20H20FN3O2/c1-14(15-4-8-17(25-3)9-5-15)24(2)20-22-13-12-19(23-20)26-18-10-6-16(21)7-11-18/h4-14H,1-3H3. The molecule has 6 heteroatoms. The number of rotatable bonds is 6. The summed E-state index contributed by atoms with van der Waals surface area (Å²) in [6, 6.07) is 15.4. The Morgan fingerprint density at radius 1 is 0.962 bits per heavy atom. The zero-order valence-electron chi connectivity index (χ0n) is 14.9. The molecule has 26 heavy (non-hydrogen) atoms. The van der Waals surface area contributed by atoms with Crippen molar-refractivity contribution in [2.45, 2.75) is 13.0 Å². The zero-order chi connectivity index (χ0) is 18.5. The van der Waals surface area contributed by atoms with E-state index >= 15 is 0 Å². The number of ether oxygens (including phenoxy) is 2. The van der Waals surface area contributed by atoms with Crippen molar-refractivity contribution in [3.8, 4) is 17.4 Å². The first-order valence-corrected chi connectivity index (χ1v) is 8.20. The summed E-state index contributed by atoms with van der Waals surface area (Å²) in [5.74, 6) is 1.95. The molecule has 134 valence electrons. The molecule has 3 aromatic rings. The third-order valence-corrected chi connectivity index (χ3v) is 4.15. The highest BCUT2D eigenvalue weighted by molar-refractivity contribution is 5.38. The molecule has 0 aliphatic heterocycles. The van der Waals surface area contributed by atoms with Gasteiger partial charge in [0, 0.05) is 19.3 Å². The van der Waals surface area contributed by atoms with Gasteiger partial charge in [0.25, 0.3) is 0 Å². The predicted molar refractivity (Wildman–Crippen MR) is 98.3 cm³/mol. The molecule has 1 heterocycles. The highest BCUT2D eigenvalue weighted by Crippen LogP contribution is 2.26. The van der Waals surface area contributed by atoms with Gasteiger partial charge in [0.15, 0.2) is 0 Å². The molecule has 5 nitrogen and oxygen atoms in total. The van der Waals surface area contributed by atoms with Gasteiger partial charge in [-0.1, -0.05) is 12.1 Å². The third kappa shape index (κ3) is 4.08. The topological polar surface area (TPSA) is 47.5 Å². The third-order valence-electron chi connectivity index (χ3n) is 4.15. The number of hydrogen-bond donors (Lipinski definition) is 0. The Balaban J connectivity index is 1.76. The van der Waals surface area contributed by atoms with Crippen LogP contribution in [0.15, 0.2) is 60.8 Å². The van der Waals surface area contributed by atoms with E-state index in [1.807, 2.05) is 36.2 Å². The van der Waals surface area contributed by atoms with Gasteiger partial charge in [-0.05, 0) is 48.9 Å². The predicted octanol–water partition coefficient (Wildman–Crippen LogP) is 4.61. The number of hydrogen-bond acceptors (Lipinski definition) is 5. The molecule has 0 amide bonds. The van der Waals surface area contributed by atoms with Gasteiger partial charge in [0.2, 0.25) is 11.8 Å². The first-order chi connectivity index (χ1) is 12.6. The summed E-state index contributed by atoms with van der Waals surface area (Å²) in [5, 5.41) is 0. The molecule has 0 bridgehead atoms. The van der Waals surface area contributed by atoms with E-state index in [2.05, 4.69) is 16.9 Å². The van der Waals surface area contributed by atoms with E-state index < -0.39 is 0 Å². The lowest BCUT2D eigenvalue weighted by Crippen LogP contribution is -2.23. The van der Waals surface area contributed by atoms with Crippen LogP contribution < -0.4 is 14.4 Å². The Kier molecular flexibility index (Phi) is 5.31. The smallest absolute Gasteiger partial charge is 0.228 e. The molecule has 3 rings (SSSR count). The monoisotopic (exact) mass is 353 g/mol. The lowest BCUT2D eigenvalue weighted by molar-refractivity contribution is 0.414. The van der Waals surface area contributed by atoms with Crippen LogP contribution in [-0.4, -0.2) is 24.1 Å². The lowest BCUT2D eigenvalue weighted by atomic mass is 10.1. The Morgan fingerprint density at radius 3 is 2.27 bits per heavy atom. The Hall–Kier alpha value is -3.15. The van der Waals surface area contributed by atoms with Crippen LogP contribution >= 0.6 is 0 Å². The highest BCUT2D eigenvalue weighted by atomic mass is 19.1. The molecule has 0 aliphatic carbocycles. The zero-order valence-corrected chi connectivity index (χ0v) is 14.9. The van der Waals surface area contributed by atoms with Crippen molar-refractivity contribution in [1.82, 2.24) is 9.97 Å². The number of nitrogens with zero attached hydrogens (tertiary/aromatic N) is 3. The SMILES string of the molecule is COc1ccc(C(C)N(C)c2nccc(Oc3ccc(F)cc3)n2)cc1. The van der Waals surface area contributed by atoms with Crippen molar-refractivity contribution in [2.24, 2.45) is 0 Å². The summed E-state index contributed by atoms with van der Waals surface area (Å²) < 4.78 is 23.9. The van der Waals surface area contributed by atoms with Crippen LogP contribution in [0.3, 0.4) is 0 Å². The molecular formula is C20H20FN3O2. The van der Waals surface area contributed by atoms with Crippen LogP contribution in [0.25, 0.3) is 0 Å². The fourth-order valence-electron chi connectivity index (χ4n) is 2.46. The fourth-order valence-corrected chi connectivity index (χ4v) is 2.46. The van der Waals surface area contributed by atoms with E-state index in [9.17, 15) is 4.39 Å². The first-order valence-electron chi connectivity index (χ1n) is 8.20. The maximum atomic E-state index is 13.0. The van der Waals surface area contributed by atoms with Gasteiger partial charge in [-0.25, -0.2) is 9.37 Å². The van der Waals surface area contributed by atoms with E-state index in [1.54, 1.807) is 31.5 Å². The van der Waals surface area contributed by atoms with Gasteiger partial charge in [-0.15, -0.1) is 0 Å². The van der Waals surface area contributed by atoms with Crippen molar-refractivity contribution >= 4 is 5.95 Å². The second-order valence-corrected chi connectivity index (χ2v) is 5.81. The molecule has 0 spiro atoms. The number of benzene rings is 2. The maximum Gasteiger partial charge on any atom is 0.228 e. The number of halogens is 1. The van der Waals surface area contributed by atoms with Crippen LogP contribution in [0, 0.1) is 5.82 Å². The number of aromatic nitrogens is 2. The maximum absolute atomic E-state index is 13.0. The van der Waals surface area contributed by atoms with Crippen LogP contribution in [-0.2, 0) is 0 Å². The molecule has 2 aromatic carbocycles. The van der Waals surface area contributed by atoms with Crippen LogP contribution in [0.1, 0.15) is 18.5 Å². The Morgan fingerprint density at radius 2 is 1.62 bits per heavy atom. The van der Waals surface area contributed by atoms with Crippen molar-refractivity contribution in [3.63, 3.8) is 0 Å². The molecule has 1 atom stereocenters. The van der Waals surface area contributed by atoms with Gasteiger partial charge in [0.05, 0.1) is 13.2 Å². The van der Waals surface area contributed by atoms with Crippen molar-refractivity contribution in [1.29, 1.82) is 0 Å². The van der Waals surface area contributed by atoms with Crippen LogP contribution in [0.5, 0.6) is 17.4 Å². The second-order valence-electron chi connectivity index (χ2n) is 5.81. The van der Waals surface area contributed by atoms with Crippen molar-refractivity contribution in [2.75, 3.05) is 19.1 Å². The summed E-state index contributed by atoms with van der Waals surface area (Å²) in [5.41, 5.74) is 1.11. The van der Waals surface area contributed by atoms with Crippen LogP contribution in [0.4, 0.5) is 10.3 Å². The summed E-state index contributed by atoms with van der Waals surface area (Å²) in [6.45, 7) is 2.07. The summed E-state index contributed by atoms with van der Waals surface area (Å²) >= 11 is 0. The van der Waals surface area contributed by atoms with E-state index in [1.165, 1.54) is 12.1 Å². The van der Waals surface area contributed by atoms with Crippen LogP contribution in [0.2, 0.25) is 0 Å². The van der Waals surface area contributed by atoms with Crippen molar-refractivity contribution in [3.05, 3.63) is 72.2 Å². The minimum atomic E-state index is -0.311. The highest BCUT2D eigenvalue weighted by Gasteiger charge is 2.15. The van der Waals surface area contributed by atoms with Gasteiger partial charge in [-0.2, -0.15) is 4.98 Å². The quantitative estimate of drug-likeness (QED) is 0.647. The average molecular weight is 353 g/mol. The van der Waals surface area contributed by atoms with Gasteiger partial charge in [0.1, 0.15) is 17.3 Å². The minimum Gasteiger partial charge on any atom is -0.497 e. The average Bonchev–Trinajstić information content (AvgIpc) is 2.69. The summed E-state index contributed by atoms with van der Waals surface area (Å²) in [7, 11) is 3.57. The molecule has 0 saturated heterocycles. The normalized spacial score (nSPS) is 11.7. The Bertz CT molecular complexity index is 854.